The summed E-state index contributed by atoms with van der Waals surface area (Å²) in [5.41, 5.74) is 5.53. The van der Waals surface area contributed by atoms with Crippen molar-refractivity contribution in [2.45, 2.75) is 38.6 Å². The summed E-state index contributed by atoms with van der Waals surface area (Å²) in [6.07, 6.45) is 4.03. The van der Waals surface area contributed by atoms with Crippen molar-refractivity contribution in [3.8, 4) is 6.07 Å². The van der Waals surface area contributed by atoms with Crippen molar-refractivity contribution in [3.63, 3.8) is 0 Å². The van der Waals surface area contributed by atoms with E-state index in [1.807, 2.05) is 18.2 Å². The number of nitrogens with zero attached hydrogens (tertiary/aromatic N) is 2. The monoisotopic (exact) mass is 343 g/mol. The number of unbranched alkanes of at least 4 members (excludes halogenated alkanes) is 1. The highest BCUT2D eigenvalue weighted by Gasteiger charge is 2.37. The van der Waals surface area contributed by atoms with Gasteiger partial charge in [0.25, 0.3) is 11.8 Å². The molecule has 2 heterocycles. The predicted molar refractivity (Wildman–Crippen MR) is 98.1 cm³/mol. The summed E-state index contributed by atoms with van der Waals surface area (Å²) in [5.74, 6) is -0.545. The minimum Gasteiger partial charge on any atom is -0.340 e. The molecular formula is C21H17N3O2. The van der Waals surface area contributed by atoms with Crippen molar-refractivity contribution in [2.75, 3.05) is 0 Å². The van der Waals surface area contributed by atoms with Gasteiger partial charge in [0, 0.05) is 29.3 Å². The molecule has 5 heteroatoms. The fourth-order valence-electron chi connectivity index (χ4n) is 4.68. The fraction of sp³-hybridized carbons (Fsp3) is 0.286. The zero-order chi connectivity index (χ0) is 17.8. The van der Waals surface area contributed by atoms with Crippen molar-refractivity contribution in [1.82, 2.24) is 9.88 Å². The number of nitrogens with one attached hydrogen (secondary N) is 1. The number of amides is 2. The standard InChI is InChI=1S/C21H17N3O2/c22-10-3-4-11-24-15-9-2-1-6-14(15)16-18-17(20(25)23-21(18)26)12-7-5-8-13(12)19(16)24/h1-2,6,9H,3-5,7-8,11H2,(H,23,25,26). The summed E-state index contributed by atoms with van der Waals surface area (Å²) < 4.78 is 2.25. The molecule has 26 heavy (non-hydrogen) atoms. The van der Waals surface area contributed by atoms with Crippen LogP contribution in [0.2, 0.25) is 0 Å². The molecule has 0 unspecified atom stereocenters. The topological polar surface area (TPSA) is 74.9 Å². The summed E-state index contributed by atoms with van der Waals surface area (Å²) in [6.45, 7) is 0.734. The Hall–Kier alpha value is -3.13. The lowest BCUT2D eigenvalue weighted by molar-refractivity contribution is 0.0880. The number of rotatable bonds is 3. The number of nitriles is 1. The Morgan fingerprint density at radius 1 is 1.08 bits per heavy atom. The highest BCUT2D eigenvalue weighted by molar-refractivity contribution is 6.31. The number of hydrogen-bond donors (Lipinski definition) is 1. The van der Waals surface area contributed by atoms with E-state index in [0.29, 0.717) is 17.5 Å². The van der Waals surface area contributed by atoms with Crippen LogP contribution in [0.1, 0.15) is 51.1 Å². The number of hydrogen-bond acceptors (Lipinski definition) is 3. The number of para-hydroxylation sites is 1. The van der Waals surface area contributed by atoms with E-state index in [2.05, 4.69) is 22.0 Å². The summed E-state index contributed by atoms with van der Waals surface area (Å²) in [4.78, 5) is 25.1. The van der Waals surface area contributed by atoms with Gasteiger partial charge in [-0.05, 0) is 42.9 Å². The largest absolute Gasteiger partial charge is 0.340 e. The highest BCUT2D eigenvalue weighted by Crippen LogP contribution is 2.42. The van der Waals surface area contributed by atoms with E-state index in [0.717, 1.165) is 59.6 Å². The molecule has 1 aromatic heterocycles. The Kier molecular flexibility index (Phi) is 3.17. The van der Waals surface area contributed by atoms with Gasteiger partial charge < -0.3 is 4.57 Å². The molecule has 2 aliphatic rings. The molecule has 0 saturated carbocycles. The first-order chi connectivity index (χ1) is 12.7. The van der Waals surface area contributed by atoms with Crippen molar-refractivity contribution >= 4 is 33.6 Å². The Morgan fingerprint density at radius 3 is 2.69 bits per heavy atom. The second-order valence-electron chi connectivity index (χ2n) is 7.00. The van der Waals surface area contributed by atoms with Gasteiger partial charge in [-0.25, -0.2) is 0 Å². The van der Waals surface area contributed by atoms with Crippen molar-refractivity contribution < 1.29 is 9.59 Å². The van der Waals surface area contributed by atoms with Gasteiger partial charge in [0.05, 0.1) is 22.7 Å². The normalized spacial score (nSPS) is 15.3. The average Bonchev–Trinajstić information content (AvgIpc) is 3.30. The van der Waals surface area contributed by atoms with Gasteiger partial charge in [-0.3, -0.25) is 14.9 Å². The van der Waals surface area contributed by atoms with Gasteiger partial charge in [-0.1, -0.05) is 18.2 Å². The van der Waals surface area contributed by atoms with Gasteiger partial charge in [0.1, 0.15) is 0 Å². The molecule has 0 spiro atoms. The van der Waals surface area contributed by atoms with Crippen LogP contribution in [0.15, 0.2) is 24.3 Å². The number of aryl methyl sites for hydroxylation is 2. The van der Waals surface area contributed by atoms with E-state index in [4.69, 9.17) is 5.26 Å². The van der Waals surface area contributed by atoms with Gasteiger partial charge >= 0.3 is 0 Å². The number of carbonyl (C=O) groups is 2. The van der Waals surface area contributed by atoms with Gasteiger partial charge in [-0.15, -0.1) is 0 Å². The third-order valence-corrected chi connectivity index (χ3v) is 5.63. The SMILES string of the molecule is N#CCCCn1c2ccccc2c2c3c(c4c(c21)CCC4)C(=O)NC3=O. The van der Waals surface area contributed by atoms with E-state index in [1.165, 1.54) is 5.56 Å². The van der Waals surface area contributed by atoms with E-state index in [-0.39, 0.29) is 11.8 Å². The van der Waals surface area contributed by atoms with Crippen LogP contribution in [0.5, 0.6) is 0 Å². The van der Waals surface area contributed by atoms with Crippen molar-refractivity contribution in [3.05, 3.63) is 46.5 Å². The number of fused-ring (bicyclic) bond motifs is 8. The Morgan fingerprint density at radius 2 is 1.85 bits per heavy atom. The molecule has 0 saturated heterocycles. The summed E-state index contributed by atoms with van der Waals surface area (Å²) in [5, 5.41) is 13.3. The number of aromatic nitrogens is 1. The zero-order valence-corrected chi connectivity index (χ0v) is 14.3. The van der Waals surface area contributed by atoms with Gasteiger partial charge in [0.2, 0.25) is 0 Å². The molecule has 0 bridgehead atoms. The first kappa shape index (κ1) is 15.2. The minimum atomic E-state index is -0.287. The van der Waals surface area contributed by atoms with E-state index >= 15 is 0 Å². The second kappa shape index (κ2) is 5.43. The highest BCUT2D eigenvalue weighted by atomic mass is 16.2. The van der Waals surface area contributed by atoms with Crippen LogP contribution in [0.25, 0.3) is 21.8 Å². The van der Waals surface area contributed by atoms with Crippen LogP contribution < -0.4 is 5.32 Å². The Labute approximate surface area is 150 Å². The fourth-order valence-corrected chi connectivity index (χ4v) is 4.68. The number of benzene rings is 2. The van der Waals surface area contributed by atoms with Gasteiger partial charge in [0.15, 0.2) is 0 Å². The van der Waals surface area contributed by atoms with Crippen LogP contribution in [0.4, 0.5) is 0 Å². The molecular weight excluding hydrogens is 326 g/mol. The second-order valence-corrected chi connectivity index (χ2v) is 7.00. The van der Waals surface area contributed by atoms with Crippen LogP contribution in [-0.4, -0.2) is 16.4 Å². The maximum atomic E-state index is 12.6. The molecule has 5 nitrogen and oxygen atoms in total. The maximum absolute atomic E-state index is 12.6. The van der Waals surface area contributed by atoms with Crippen molar-refractivity contribution in [1.29, 1.82) is 5.26 Å². The third-order valence-electron chi connectivity index (χ3n) is 5.63. The van der Waals surface area contributed by atoms with E-state index in [1.54, 1.807) is 0 Å². The Bertz CT molecular complexity index is 1160. The summed E-state index contributed by atoms with van der Waals surface area (Å²) >= 11 is 0. The van der Waals surface area contributed by atoms with Crippen LogP contribution in [-0.2, 0) is 19.4 Å². The lowest BCUT2D eigenvalue weighted by atomic mass is 9.93. The lowest BCUT2D eigenvalue weighted by Crippen LogP contribution is -2.20. The molecule has 2 aromatic carbocycles. The Balaban J connectivity index is 1.95. The van der Waals surface area contributed by atoms with E-state index in [9.17, 15) is 9.59 Å². The van der Waals surface area contributed by atoms with Crippen LogP contribution in [0.3, 0.4) is 0 Å². The van der Waals surface area contributed by atoms with E-state index < -0.39 is 0 Å². The summed E-state index contributed by atoms with van der Waals surface area (Å²) in [6, 6.07) is 10.3. The third kappa shape index (κ3) is 1.84. The van der Waals surface area contributed by atoms with Crippen LogP contribution in [0, 0.1) is 11.3 Å². The molecule has 0 fully saturated rings. The lowest BCUT2D eigenvalue weighted by Gasteiger charge is -2.12. The average molecular weight is 343 g/mol. The van der Waals surface area contributed by atoms with Crippen LogP contribution >= 0.6 is 0 Å². The minimum absolute atomic E-state index is 0.258. The molecule has 1 N–H and O–H groups in total. The maximum Gasteiger partial charge on any atom is 0.259 e. The molecule has 0 atom stereocenters. The molecule has 5 rings (SSSR count). The quantitative estimate of drug-likeness (QED) is 0.584. The zero-order valence-electron chi connectivity index (χ0n) is 14.3. The first-order valence-electron chi connectivity index (χ1n) is 9.03. The molecule has 3 aromatic rings. The first-order valence-corrected chi connectivity index (χ1v) is 9.03. The predicted octanol–water partition coefficient (Wildman–Crippen LogP) is 3.47. The summed E-state index contributed by atoms with van der Waals surface area (Å²) in [7, 11) is 0. The smallest absolute Gasteiger partial charge is 0.259 e. The van der Waals surface area contributed by atoms with Crippen molar-refractivity contribution in [2.24, 2.45) is 0 Å². The molecule has 128 valence electrons. The molecule has 1 aliphatic carbocycles. The molecule has 0 radical (unpaired) electrons. The number of carbonyl (C=O) groups excluding carboxylic acids is 2. The molecule has 2 amide bonds. The van der Waals surface area contributed by atoms with Gasteiger partial charge in [-0.2, -0.15) is 5.26 Å². The number of imide groups is 1. The molecule has 1 aliphatic heterocycles.